The highest BCUT2D eigenvalue weighted by Crippen LogP contribution is 2.17. The summed E-state index contributed by atoms with van der Waals surface area (Å²) in [4.78, 5) is 26.7. The SMILES string of the molecule is COc1ccccc1C(=O)N[C@@H](CCSC)C(=O)NC[C@@H](c1ccco1)[NH+](C)C. The minimum atomic E-state index is -0.630. The molecular formula is C21H30N3O4S+. The number of carbonyl (C=O) groups is 2. The Balaban J connectivity index is 2.06. The summed E-state index contributed by atoms with van der Waals surface area (Å²) < 4.78 is 10.8. The molecule has 0 saturated heterocycles. The van der Waals surface area contributed by atoms with Gasteiger partial charge < -0.3 is 24.7 Å². The highest BCUT2D eigenvalue weighted by Gasteiger charge is 2.26. The van der Waals surface area contributed by atoms with E-state index in [1.165, 1.54) is 7.11 Å². The Labute approximate surface area is 176 Å². The van der Waals surface area contributed by atoms with Gasteiger partial charge in [-0.05, 0) is 42.7 Å². The molecule has 3 N–H and O–H groups in total. The van der Waals surface area contributed by atoms with Crippen LogP contribution < -0.4 is 20.3 Å². The topological polar surface area (TPSA) is 85.0 Å². The molecule has 0 radical (unpaired) electrons. The second-order valence-corrected chi connectivity index (χ2v) is 7.88. The lowest BCUT2D eigenvalue weighted by molar-refractivity contribution is -0.891. The number of rotatable bonds is 11. The van der Waals surface area contributed by atoms with Gasteiger partial charge in [-0.25, -0.2) is 0 Å². The van der Waals surface area contributed by atoms with Gasteiger partial charge in [-0.15, -0.1) is 0 Å². The summed E-state index contributed by atoms with van der Waals surface area (Å²) >= 11 is 1.63. The Kier molecular flexibility index (Phi) is 9.08. The van der Waals surface area contributed by atoms with E-state index >= 15 is 0 Å². The first-order valence-corrected chi connectivity index (χ1v) is 10.9. The van der Waals surface area contributed by atoms with Gasteiger partial charge in [0, 0.05) is 0 Å². The minimum absolute atomic E-state index is 0.0138. The largest absolute Gasteiger partial charge is 0.496 e. The van der Waals surface area contributed by atoms with Crippen molar-refractivity contribution in [3.63, 3.8) is 0 Å². The van der Waals surface area contributed by atoms with Crippen LogP contribution in [-0.4, -0.2) is 57.6 Å². The maximum atomic E-state index is 12.9. The van der Waals surface area contributed by atoms with Gasteiger partial charge in [0.1, 0.15) is 11.8 Å². The molecule has 1 aromatic carbocycles. The zero-order valence-corrected chi connectivity index (χ0v) is 18.2. The lowest BCUT2D eigenvalue weighted by Crippen LogP contribution is -3.07. The first-order chi connectivity index (χ1) is 14.0. The molecule has 0 spiro atoms. The number of ether oxygens (including phenoxy) is 1. The van der Waals surface area contributed by atoms with Crippen LogP contribution >= 0.6 is 11.8 Å². The third-order valence-electron chi connectivity index (χ3n) is 4.65. The predicted molar refractivity (Wildman–Crippen MR) is 115 cm³/mol. The van der Waals surface area contributed by atoms with Crippen LogP contribution in [0.15, 0.2) is 47.1 Å². The van der Waals surface area contributed by atoms with Gasteiger partial charge in [-0.1, -0.05) is 12.1 Å². The molecule has 158 valence electrons. The standard InChI is InChI=1S/C21H29N3O4S/c1-24(2)17(19-10-7-12-28-19)14-22-21(26)16(11-13-29-4)23-20(25)15-8-5-6-9-18(15)27-3/h5-10,12,16-17H,11,13-14H2,1-4H3,(H,22,26)(H,23,25)/p+1/t16-,17-/m0/s1. The quantitative estimate of drug-likeness (QED) is 0.508. The molecule has 29 heavy (non-hydrogen) atoms. The van der Waals surface area contributed by atoms with E-state index in [0.717, 1.165) is 16.4 Å². The van der Waals surface area contributed by atoms with Crippen LogP contribution in [0.2, 0.25) is 0 Å². The molecule has 2 aromatic rings. The van der Waals surface area contributed by atoms with Crippen molar-refractivity contribution in [2.45, 2.75) is 18.5 Å². The van der Waals surface area contributed by atoms with Crippen molar-refractivity contribution in [1.82, 2.24) is 10.6 Å². The van der Waals surface area contributed by atoms with E-state index in [0.29, 0.717) is 24.3 Å². The average molecular weight is 421 g/mol. The highest BCUT2D eigenvalue weighted by atomic mass is 32.2. The smallest absolute Gasteiger partial charge is 0.255 e. The Morgan fingerprint density at radius 1 is 1.21 bits per heavy atom. The van der Waals surface area contributed by atoms with Gasteiger partial charge in [-0.2, -0.15) is 11.8 Å². The number of thioether (sulfide) groups is 1. The maximum absolute atomic E-state index is 12.9. The summed E-state index contributed by atoms with van der Waals surface area (Å²) in [6, 6.07) is 10.1. The molecule has 8 heteroatoms. The lowest BCUT2D eigenvalue weighted by atomic mass is 10.1. The van der Waals surface area contributed by atoms with E-state index in [4.69, 9.17) is 9.15 Å². The van der Waals surface area contributed by atoms with E-state index in [9.17, 15) is 9.59 Å². The molecule has 0 unspecified atom stereocenters. The zero-order valence-electron chi connectivity index (χ0n) is 17.4. The Hall–Kier alpha value is -2.45. The van der Waals surface area contributed by atoms with Crippen LogP contribution in [0, 0.1) is 0 Å². The monoisotopic (exact) mass is 420 g/mol. The molecular weight excluding hydrogens is 390 g/mol. The summed E-state index contributed by atoms with van der Waals surface area (Å²) in [7, 11) is 5.53. The van der Waals surface area contributed by atoms with E-state index < -0.39 is 6.04 Å². The van der Waals surface area contributed by atoms with Crippen molar-refractivity contribution in [3.05, 3.63) is 54.0 Å². The molecule has 0 saturated carbocycles. The van der Waals surface area contributed by atoms with Gasteiger partial charge in [0.25, 0.3) is 5.91 Å². The predicted octanol–water partition coefficient (Wildman–Crippen LogP) is 1.14. The van der Waals surface area contributed by atoms with Crippen molar-refractivity contribution in [2.75, 3.05) is 39.8 Å². The van der Waals surface area contributed by atoms with Gasteiger partial charge in [0.05, 0.1) is 39.6 Å². The number of quaternary nitrogens is 1. The van der Waals surface area contributed by atoms with Crippen LogP contribution in [0.25, 0.3) is 0 Å². The third kappa shape index (κ3) is 6.54. The van der Waals surface area contributed by atoms with Crippen LogP contribution in [0.5, 0.6) is 5.75 Å². The number of nitrogens with one attached hydrogen (secondary N) is 3. The molecule has 2 amide bonds. The second kappa shape index (κ2) is 11.5. The number of hydrogen-bond donors (Lipinski definition) is 3. The molecule has 0 aliphatic carbocycles. The van der Waals surface area contributed by atoms with Crippen LogP contribution in [0.1, 0.15) is 28.6 Å². The van der Waals surface area contributed by atoms with Gasteiger partial charge in [0.15, 0.2) is 11.8 Å². The minimum Gasteiger partial charge on any atom is -0.496 e. The van der Waals surface area contributed by atoms with Crippen LogP contribution in [-0.2, 0) is 4.79 Å². The maximum Gasteiger partial charge on any atom is 0.255 e. The number of methoxy groups -OCH3 is 1. The fourth-order valence-corrected chi connectivity index (χ4v) is 3.45. The first-order valence-electron chi connectivity index (χ1n) is 9.51. The summed E-state index contributed by atoms with van der Waals surface area (Å²) in [5, 5.41) is 5.83. The number of furan rings is 1. The Morgan fingerprint density at radius 2 is 1.97 bits per heavy atom. The van der Waals surface area contributed by atoms with E-state index in [1.54, 1.807) is 42.3 Å². The first kappa shape index (κ1) is 22.8. The third-order valence-corrected chi connectivity index (χ3v) is 5.29. The summed E-state index contributed by atoms with van der Waals surface area (Å²) in [5.41, 5.74) is 0.406. The fourth-order valence-electron chi connectivity index (χ4n) is 2.98. The number of likely N-dealkylation sites (N-methyl/N-ethyl adjacent to an activating group) is 1. The van der Waals surface area contributed by atoms with E-state index in [1.807, 2.05) is 32.5 Å². The molecule has 7 nitrogen and oxygen atoms in total. The molecule has 2 rings (SSSR count). The van der Waals surface area contributed by atoms with Gasteiger partial charge in [-0.3, -0.25) is 9.59 Å². The number of carbonyl (C=O) groups excluding carboxylic acids is 2. The van der Waals surface area contributed by atoms with Crippen molar-refractivity contribution in [2.24, 2.45) is 0 Å². The number of hydrogen-bond acceptors (Lipinski definition) is 5. The highest BCUT2D eigenvalue weighted by molar-refractivity contribution is 7.98. The molecule has 0 aliphatic rings. The van der Waals surface area contributed by atoms with Gasteiger partial charge in [0.2, 0.25) is 5.91 Å². The molecule has 2 atom stereocenters. The zero-order chi connectivity index (χ0) is 21.2. The normalized spacial score (nSPS) is 13.0. The average Bonchev–Trinajstić information content (AvgIpc) is 3.25. The molecule has 1 aromatic heterocycles. The van der Waals surface area contributed by atoms with E-state index in [2.05, 4.69) is 10.6 Å². The number of amides is 2. The second-order valence-electron chi connectivity index (χ2n) is 6.90. The van der Waals surface area contributed by atoms with Crippen LogP contribution in [0.3, 0.4) is 0 Å². The van der Waals surface area contributed by atoms with Crippen molar-refractivity contribution < 1.29 is 23.6 Å². The summed E-state index contributed by atoms with van der Waals surface area (Å²) in [5.74, 6) is 1.50. The van der Waals surface area contributed by atoms with Crippen molar-refractivity contribution in [1.29, 1.82) is 0 Å². The Bertz CT molecular complexity index is 780. The van der Waals surface area contributed by atoms with E-state index in [-0.39, 0.29) is 17.9 Å². The number of benzene rings is 1. The molecule has 0 fully saturated rings. The Morgan fingerprint density at radius 3 is 2.59 bits per heavy atom. The summed E-state index contributed by atoms with van der Waals surface area (Å²) in [6.45, 7) is 0.412. The molecule has 0 bridgehead atoms. The number of para-hydroxylation sites is 1. The fraction of sp³-hybridized carbons (Fsp3) is 0.429. The molecule has 1 heterocycles. The molecule has 0 aliphatic heterocycles. The van der Waals surface area contributed by atoms with Crippen molar-refractivity contribution >= 4 is 23.6 Å². The van der Waals surface area contributed by atoms with Gasteiger partial charge >= 0.3 is 0 Å². The summed E-state index contributed by atoms with van der Waals surface area (Å²) in [6.07, 6.45) is 4.13. The lowest BCUT2D eigenvalue weighted by Gasteiger charge is -2.23. The van der Waals surface area contributed by atoms with Crippen molar-refractivity contribution in [3.8, 4) is 5.75 Å². The van der Waals surface area contributed by atoms with Crippen LogP contribution in [0.4, 0.5) is 0 Å².